The van der Waals surface area contributed by atoms with Gasteiger partial charge in [-0.3, -0.25) is 14.8 Å². The number of benzene rings is 3. The Hall–Kier alpha value is -3.80. The highest BCUT2D eigenvalue weighted by atomic mass is 35.5. The first-order valence-electron chi connectivity index (χ1n) is 13.6. The molecule has 0 aliphatic heterocycles. The minimum absolute atomic E-state index is 0.0935. The number of nitrogens with zero attached hydrogens (tertiary/aromatic N) is 2. The van der Waals surface area contributed by atoms with E-state index in [4.69, 9.17) is 39.1 Å². The van der Waals surface area contributed by atoms with Gasteiger partial charge in [-0.2, -0.15) is 0 Å². The van der Waals surface area contributed by atoms with Gasteiger partial charge in [0, 0.05) is 46.1 Å². The van der Waals surface area contributed by atoms with Gasteiger partial charge in [-0.15, -0.1) is 0 Å². The van der Waals surface area contributed by atoms with Gasteiger partial charge in [0.2, 0.25) is 0 Å². The molecule has 0 saturated carbocycles. The van der Waals surface area contributed by atoms with Gasteiger partial charge >= 0.3 is 0 Å². The molecule has 0 aliphatic carbocycles. The predicted octanol–water partition coefficient (Wildman–Crippen LogP) is 6.69. The normalized spacial score (nSPS) is 11.3. The van der Waals surface area contributed by atoms with E-state index in [1.165, 1.54) is 30.0 Å². The van der Waals surface area contributed by atoms with E-state index in [1.807, 2.05) is 30.5 Å². The second-order valence-electron chi connectivity index (χ2n) is 10.4. The van der Waals surface area contributed by atoms with E-state index in [9.17, 15) is 9.18 Å². The summed E-state index contributed by atoms with van der Waals surface area (Å²) in [5.74, 6) is -0.965. The number of hydrogen-bond acceptors (Lipinski definition) is 5. The number of hydrogen-bond donors (Lipinski definition) is 4. The average molecular weight is 662 g/mol. The lowest BCUT2D eigenvalue weighted by Gasteiger charge is -2.28. The molecular weight excluding hydrogens is 629 g/mol. The Kier molecular flexibility index (Phi) is 10.8. The zero-order valence-corrected chi connectivity index (χ0v) is 26.6. The third kappa shape index (κ3) is 7.64. The first-order valence-corrected chi connectivity index (χ1v) is 15.3. The van der Waals surface area contributed by atoms with Crippen LogP contribution in [0.15, 0.2) is 66.0 Å². The third-order valence-electron chi connectivity index (χ3n) is 7.03. The number of carbonyl (C=O) groups excluding carboxylic acids is 1. The second kappa shape index (κ2) is 14.3. The van der Waals surface area contributed by atoms with Gasteiger partial charge in [0.25, 0.3) is 5.91 Å². The standard InChI is InChI=1S/C31H32Cl2F2N6O2S/c1-31(2,19-5-10-23(32)26(15-19)43-3)27-16-40-30(41(27)21-8-6-20(34)7-9-21)44-17-22-24(33)13-18(14-25(22)35)28(42)38-11-4-12-39-29(36)37/h5-10,13-16H,4,11-12,17H2,1-3H3,(H,38,42)(H4,36,37,39). The summed E-state index contributed by atoms with van der Waals surface area (Å²) in [7, 11) is 1.55. The Morgan fingerprint density at radius 2 is 1.77 bits per heavy atom. The van der Waals surface area contributed by atoms with Crippen LogP contribution >= 0.6 is 35.0 Å². The van der Waals surface area contributed by atoms with E-state index in [-0.39, 0.29) is 33.7 Å². The van der Waals surface area contributed by atoms with Crippen molar-refractivity contribution in [3.63, 3.8) is 0 Å². The van der Waals surface area contributed by atoms with Crippen LogP contribution in [-0.4, -0.2) is 41.6 Å². The molecule has 4 rings (SSSR count). The van der Waals surface area contributed by atoms with Crippen molar-refractivity contribution in [2.24, 2.45) is 5.73 Å². The number of methoxy groups -OCH3 is 1. The molecule has 1 amide bonds. The van der Waals surface area contributed by atoms with Gasteiger partial charge in [0.1, 0.15) is 17.4 Å². The minimum Gasteiger partial charge on any atom is -0.495 e. The zero-order valence-electron chi connectivity index (χ0n) is 24.3. The van der Waals surface area contributed by atoms with Crippen LogP contribution in [0.2, 0.25) is 10.0 Å². The molecule has 0 unspecified atom stereocenters. The lowest BCUT2D eigenvalue weighted by molar-refractivity contribution is 0.0953. The SMILES string of the molecule is COc1cc(C(C)(C)c2cnc(SCc3c(F)cc(C(=O)NCCCNC(=N)N)cc3Cl)n2-c2ccc(F)cc2)ccc1Cl. The Labute approximate surface area is 268 Å². The van der Waals surface area contributed by atoms with Crippen molar-refractivity contribution in [2.45, 2.75) is 36.6 Å². The van der Waals surface area contributed by atoms with Crippen LogP contribution in [0.5, 0.6) is 5.75 Å². The van der Waals surface area contributed by atoms with Crippen molar-refractivity contribution in [3.05, 3.63) is 105 Å². The van der Waals surface area contributed by atoms with Crippen molar-refractivity contribution < 1.29 is 18.3 Å². The molecule has 0 bridgehead atoms. The minimum atomic E-state index is -0.623. The fraction of sp³-hybridized carbons (Fsp3) is 0.258. The summed E-state index contributed by atoms with van der Waals surface area (Å²) in [5, 5.41) is 13.6. The number of nitrogens with two attached hydrogens (primary N) is 1. The molecule has 232 valence electrons. The molecule has 0 radical (unpaired) electrons. The van der Waals surface area contributed by atoms with Gasteiger partial charge in [0.15, 0.2) is 11.1 Å². The van der Waals surface area contributed by atoms with Gasteiger partial charge in [-0.25, -0.2) is 13.8 Å². The van der Waals surface area contributed by atoms with Crippen molar-refractivity contribution in [3.8, 4) is 11.4 Å². The molecule has 13 heteroatoms. The summed E-state index contributed by atoms with van der Waals surface area (Å²) < 4.78 is 36.5. The summed E-state index contributed by atoms with van der Waals surface area (Å²) in [6.45, 7) is 4.79. The number of ether oxygens (including phenoxy) is 1. The maximum atomic E-state index is 15.3. The third-order valence-corrected chi connectivity index (χ3v) is 8.66. The van der Waals surface area contributed by atoms with Gasteiger partial charge in [0.05, 0.1) is 24.0 Å². The number of aromatic nitrogens is 2. The van der Waals surface area contributed by atoms with Crippen LogP contribution in [0.3, 0.4) is 0 Å². The molecule has 8 nitrogen and oxygen atoms in total. The number of thioether (sulfide) groups is 1. The van der Waals surface area contributed by atoms with Crippen LogP contribution < -0.4 is 21.1 Å². The van der Waals surface area contributed by atoms with Crippen LogP contribution in [0.1, 0.15) is 47.4 Å². The number of halogens is 4. The van der Waals surface area contributed by atoms with Crippen LogP contribution in [0.4, 0.5) is 8.78 Å². The fourth-order valence-corrected chi connectivity index (χ4v) is 6.11. The quantitative estimate of drug-likeness (QED) is 0.0582. The highest BCUT2D eigenvalue weighted by molar-refractivity contribution is 7.98. The average Bonchev–Trinajstić information content (AvgIpc) is 3.41. The van der Waals surface area contributed by atoms with Crippen LogP contribution in [0, 0.1) is 17.0 Å². The van der Waals surface area contributed by atoms with Crippen molar-refractivity contribution in [1.82, 2.24) is 20.2 Å². The number of carbonyl (C=O) groups is 1. The maximum absolute atomic E-state index is 15.3. The molecule has 1 aromatic heterocycles. The molecule has 0 aliphatic rings. The first kappa shape index (κ1) is 33.1. The number of rotatable bonds is 12. The highest BCUT2D eigenvalue weighted by Crippen LogP contribution is 2.39. The van der Waals surface area contributed by atoms with Crippen molar-refractivity contribution >= 4 is 46.8 Å². The van der Waals surface area contributed by atoms with Crippen molar-refractivity contribution in [1.29, 1.82) is 5.41 Å². The molecule has 4 aromatic rings. The lowest BCUT2D eigenvalue weighted by atomic mass is 9.81. The van der Waals surface area contributed by atoms with E-state index in [0.29, 0.717) is 41.1 Å². The number of nitrogens with one attached hydrogen (secondary N) is 3. The predicted molar refractivity (Wildman–Crippen MR) is 171 cm³/mol. The smallest absolute Gasteiger partial charge is 0.251 e. The Morgan fingerprint density at radius 1 is 1.07 bits per heavy atom. The van der Waals surface area contributed by atoms with Gasteiger partial charge in [-0.05, 0) is 60.5 Å². The van der Waals surface area contributed by atoms with Crippen molar-refractivity contribution in [2.75, 3.05) is 20.2 Å². The molecule has 5 N–H and O–H groups in total. The van der Waals surface area contributed by atoms with Crippen LogP contribution in [-0.2, 0) is 11.2 Å². The molecule has 0 atom stereocenters. The summed E-state index contributed by atoms with van der Waals surface area (Å²) in [4.78, 5) is 17.2. The summed E-state index contributed by atoms with van der Waals surface area (Å²) >= 11 is 14.0. The van der Waals surface area contributed by atoms with E-state index in [2.05, 4.69) is 15.6 Å². The monoisotopic (exact) mass is 660 g/mol. The molecule has 1 heterocycles. The van der Waals surface area contributed by atoms with E-state index in [1.54, 1.807) is 31.5 Å². The Balaban J connectivity index is 1.60. The molecule has 0 saturated heterocycles. The maximum Gasteiger partial charge on any atom is 0.251 e. The molecular formula is C31H32Cl2F2N6O2S. The Morgan fingerprint density at radius 3 is 2.43 bits per heavy atom. The fourth-order valence-electron chi connectivity index (χ4n) is 4.54. The van der Waals surface area contributed by atoms with Crippen LogP contribution in [0.25, 0.3) is 5.69 Å². The van der Waals surface area contributed by atoms with E-state index in [0.717, 1.165) is 17.3 Å². The summed E-state index contributed by atoms with van der Waals surface area (Å²) in [6.07, 6.45) is 2.27. The molecule has 0 fully saturated rings. The van der Waals surface area contributed by atoms with Gasteiger partial charge < -0.3 is 21.1 Å². The number of amides is 1. The molecule has 3 aromatic carbocycles. The highest BCUT2D eigenvalue weighted by Gasteiger charge is 2.30. The molecule has 44 heavy (non-hydrogen) atoms. The Bertz CT molecular complexity index is 1640. The topological polar surface area (TPSA) is 118 Å². The second-order valence-corrected chi connectivity index (χ2v) is 12.1. The largest absolute Gasteiger partial charge is 0.495 e. The number of imidazole rings is 1. The number of guanidine groups is 1. The lowest BCUT2D eigenvalue weighted by Crippen LogP contribution is -2.33. The molecule has 0 spiro atoms. The summed E-state index contributed by atoms with van der Waals surface area (Å²) in [5.41, 5.74) is 7.34. The first-order chi connectivity index (χ1) is 20.9. The zero-order chi connectivity index (χ0) is 32.0. The van der Waals surface area contributed by atoms with Gasteiger partial charge in [-0.1, -0.05) is 54.9 Å². The van der Waals surface area contributed by atoms with E-state index >= 15 is 4.39 Å². The summed E-state index contributed by atoms with van der Waals surface area (Å²) in [6, 6.07) is 14.2. The van der Waals surface area contributed by atoms with E-state index < -0.39 is 17.1 Å².